The lowest BCUT2D eigenvalue weighted by molar-refractivity contribution is -0.127. The van der Waals surface area contributed by atoms with Gasteiger partial charge in [-0.2, -0.15) is 0 Å². The van der Waals surface area contributed by atoms with Gasteiger partial charge in [-0.15, -0.1) is 0 Å². The predicted molar refractivity (Wildman–Crippen MR) is 38.4 cm³/mol. The van der Waals surface area contributed by atoms with Crippen molar-refractivity contribution in [2.24, 2.45) is 0 Å². The molecule has 0 N–H and O–H groups in total. The number of amides is 1. The summed E-state index contributed by atoms with van der Waals surface area (Å²) < 4.78 is 4.60. The number of hydrogen-bond acceptors (Lipinski definition) is 3. The summed E-state index contributed by atoms with van der Waals surface area (Å²) >= 11 is 5.38. The van der Waals surface area contributed by atoms with Crippen LogP contribution in [0.4, 0.5) is 4.79 Å². The maximum Gasteiger partial charge on any atom is 0.412 e. The van der Waals surface area contributed by atoms with E-state index in [0.717, 1.165) is 0 Å². The molecule has 0 aliphatic carbocycles. The molecule has 0 bridgehead atoms. The molecular weight excluding hydrogens is 170 g/mol. The second-order valence-electron chi connectivity index (χ2n) is 2.32. The van der Waals surface area contributed by atoms with Gasteiger partial charge in [0, 0.05) is 0 Å². The molecule has 1 atom stereocenters. The Hall–Kier alpha value is -0.770. The van der Waals surface area contributed by atoms with Gasteiger partial charge in [0.1, 0.15) is 0 Å². The zero-order valence-electron chi connectivity index (χ0n) is 6.04. The van der Waals surface area contributed by atoms with Crippen LogP contribution in [0.15, 0.2) is 0 Å². The summed E-state index contributed by atoms with van der Waals surface area (Å²) in [5.41, 5.74) is -0.641. The molecule has 1 unspecified atom stereocenters. The third-order valence-electron chi connectivity index (χ3n) is 1.26. The van der Waals surface area contributed by atoms with Gasteiger partial charge in [-0.3, -0.25) is 9.69 Å². The molecule has 0 aromatic heterocycles. The molecule has 4 nitrogen and oxygen atoms in total. The van der Waals surface area contributed by atoms with E-state index < -0.39 is 11.7 Å². The monoisotopic (exact) mass is 177 g/mol. The minimum absolute atomic E-state index is 0.0455. The van der Waals surface area contributed by atoms with Crippen molar-refractivity contribution in [1.29, 1.82) is 0 Å². The highest BCUT2D eigenvalue weighted by molar-refractivity contribution is 6.20. The number of ketones is 1. The lowest BCUT2D eigenvalue weighted by atomic mass is 10.2. The van der Waals surface area contributed by atoms with E-state index >= 15 is 0 Å². The van der Waals surface area contributed by atoms with Crippen LogP contribution in [-0.2, 0) is 9.53 Å². The van der Waals surface area contributed by atoms with Crippen LogP contribution in [0, 0.1) is 0 Å². The second-order valence-corrected chi connectivity index (χ2v) is 2.94. The van der Waals surface area contributed by atoms with E-state index in [1.807, 2.05) is 0 Å². The quantitative estimate of drug-likeness (QED) is 0.551. The Morgan fingerprint density at radius 2 is 2.27 bits per heavy atom. The molecule has 5 heteroatoms. The Kier molecular flexibility index (Phi) is 2.34. The average Bonchev–Trinajstić information content (AvgIpc) is 1.79. The lowest BCUT2D eigenvalue weighted by Crippen LogP contribution is -2.51. The van der Waals surface area contributed by atoms with Crippen LogP contribution in [0.5, 0.6) is 0 Å². The molecule has 0 aromatic rings. The van der Waals surface area contributed by atoms with Crippen molar-refractivity contribution in [1.82, 2.24) is 4.90 Å². The fraction of sp³-hybridized carbons (Fsp3) is 0.667. The first-order chi connectivity index (χ1) is 5.09. The zero-order valence-corrected chi connectivity index (χ0v) is 6.80. The van der Waals surface area contributed by atoms with Gasteiger partial charge in [-0.1, -0.05) is 11.6 Å². The first-order valence-electron chi connectivity index (χ1n) is 3.21. The number of rotatable bonds is 1. The number of likely N-dealkylation sites (tertiary alicyclic amines) is 1. The van der Waals surface area contributed by atoms with E-state index in [-0.39, 0.29) is 18.9 Å². The summed E-state index contributed by atoms with van der Waals surface area (Å²) in [6.45, 7) is 1.85. The third-order valence-corrected chi connectivity index (χ3v) is 1.34. The lowest BCUT2D eigenvalue weighted by Gasteiger charge is -2.28. The average molecular weight is 178 g/mol. The van der Waals surface area contributed by atoms with Crippen molar-refractivity contribution < 1.29 is 14.3 Å². The second kappa shape index (κ2) is 3.09. The standard InChI is InChI=1S/C6H8ClNO3/c1-4(7)11-6(10)8-2-5(9)3-8/h4H,2-3H2,1H3. The van der Waals surface area contributed by atoms with Crippen LogP contribution in [0.1, 0.15) is 6.92 Å². The number of alkyl halides is 1. The molecule has 1 saturated heterocycles. The van der Waals surface area contributed by atoms with E-state index in [4.69, 9.17) is 11.6 Å². The van der Waals surface area contributed by atoms with Crippen LogP contribution in [-0.4, -0.2) is 35.4 Å². The van der Waals surface area contributed by atoms with Gasteiger partial charge < -0.3 is 4.74 Å². The fourth-order valence-electron chi connectivity index (χ4n) is 0.722. The molecule has 1 heterocycles. The highest BCUT2D eigenvalue weighted by Crippen LogP contribution is 2.07. The largest absolute Gasteiger partial charge is 0.430 e. The topological polar surface area (TPSA) is 46.6 Å². The van der Waals surface area contributed by atoms with E-state index in [1.54, 1.807) is 6.92 Å². The maximum absolute atomic E-state index is 10.8. The molecule has 0 spiro atoms. The number of halogens is 1. The van der Waals surface area contributed by atoms with Crippen LogP contribution < -0.4 is 0 Å². The molecule has 1 amide bonds. The highest BCUT2D eigenvalue weighted by atomic mass is 35.5. The molecule has 62 valence electrons. The van der Waals surface area contributed by atoms with Crippen molar-refractivity contribution >= 4 is 23.5 Å². The van der Waals surface area contributed by atoms with E-state index in [9.17, 15) is 9.59 Å². The summed E-state index contributed by atoms with van der Waals surface area (Å²) in [7, 11) is 0. The minimum atomic E-state index is -0.641. The van der Waals surface area contributed by atoms with E-state index in [2.05, 4.69) is 4.74 Å². The van der Waals surface area contributed by atoms with Gasteiger partial charge in [0.25, 0.3) is 0 Å². The summed E-state index contributed by atoms with van der Waals surface area (Å²) in [6, 6.07) is 0. The molecule has 1 rings (SSSR count). The Balaban J connectivity index is 2.26. The fourth-order valence-corrected chi connectivity index (χ4v) is 0.798. The molecule has 1 aliphatic rings. The maximum atomic E-state index is 10.8. The predicted octanol–water partition coefficient (Wildman–Crippen LogP) is 0.593. The van der Waals surface area contributed by atoms with Crippen molar-refractivity contribution in [3.63, 3.8) is 0 Å². The van der Waals surface area contributed by atoms with Gasteiger partial charge in [0.2, 0.25) is 0 Å². The van der Waals surface area contributed by atoms with Gasteiger partial charge in [0.05, 0.1) is 13.1 Å². The van der Waals surface area contributed by atoms with Crippen LogP contribution >= 0.6 is 11.6 Å². The third kappa shape index (κ3) is 2.08. The Morgan fingerprint density at radius 1 is 1.73 bits per heavy atom. The van der Waals surface area contributed by atoms with Gasteiger partial charge in [-0.05, 0) is 6.92 Å². The summed E-state index contributed by atoms with van der Waals surface area (Å²) in [6.07, 6.45) is -0.521. The van der Waals surface area contributed by atoms with Crippen molar-refractivity contribution in [3.8, 4) is 0 Å². The van der Waals surface area contributed by atoms with Crippen molar-refractivity contribution in [2.75, 3.05) is 13.1 Å². The van der Waals surface area contributed by atoms with Crippen molar-refractivity contribution in [3.05, 3.63) is 0 Å². The van der Waals surface area contributed by atoms with Crippen molar-refractivity contribution in [2.45, 2.75) is 12.5 Å². The van der Waals surface area contributed by atoms with Crippen LogP contribution in [0.25, 0.3) is 0 Å². The first kappa shape index (κ1) is 8.33. The number of nitrogens with zero attached hydrogens (tertiary/aromatic N) is 1. The number of Topliss-reactive ketones (excluding diaryl/α,β-unsaturated/α-hetero) is 1. The van der Waals surface area contributed by atoms with Gasteiger partial charge in [0.15, 0.2) is 11.3 Å². The Bertz CT molecular complexity index is 184. The Labute approximate surface area is 69.1 Å². The first-order valence-corrected chi connectivity index (χ1v) is 3.64. The van der Waals surface area contributed by atoms with Crippen LogP contribution in [0.3, 0.4) is 0 Å². The minimum Gasteiger partial charge on any atom is -0.430 e. The molecule has 1 aliphatic heterocycles. The number of carbonyl (C=O) groups excluding carboxylic acids is 2. The number of carbonyl (C=O) groups is 2. The normalized spacial score (nSPS) is 19.1. The molecule has 1 fully saturated rings. The molecule has 11 heavy (non-hydrogen) atoms. The molecule has 0 saturated carbocycles. The number of ether oxygens (including phenoxy) is 1. The molecular formula is C6H8ClNO3. The van der Waals surface area contributed by atoms with Gasteiger partial charge in [-0.25, -0.2) is 4.79 Å². The Morgan fingerprint density at radius 3 is 2.64 bits per heavy atom. The van der Waals surface area contributed by atoms with Crippen LogP contribution in [0.2, 0.25) is 0 Å². The summed E-state index contributed by atoms with van der Waals surface area (Å²) in [5.74, 6) is 0.0455. The molecule has 0 aromatic carbocycles. The number of hydrogen-bond donors (Lipinski definition) is 0. The summed E-state index contributed by atoms with van der Waals surface area (Å²) in [5, 5.41) is 0. The smallest absolute Gasteiger partial charge is 0.412 e. The SMILES string of the molecule is CC(Cl)OC(=O)N1CC(=O)C1. The summed E-state index contributed by atoms with van der Waals surface area (Å²) in [4.78, 5) is 22.6. The highest BCUT2D eigenvalue weighted by Gasteiger charge is 2.29. The van der Waals surface area contributed by atoms with E-state index in [0.29, 0.717) is 0 Å². The molecule has 0 radical (unpaired) electrons. The van der Waals surface area contributed by atoms with E-state index in [1.165, 1.54) is 4.90 Å². The zero-order chi connectivity index (χ0) is 8.43. The van der Waals surface area contributed by atoms with Gasteiger partial charge >= 0.3 is 6.09 Å².